The Labute approximate surface area is 161 Å². The Morgan fingerprint density at radius 2 is 1.46 bits per heavy atom. The lowest BCUT2D eigenvalue weighted by molar-refractivity contribution is 0.0998. The first kappa shape index (κ1) is 18.0. The van der Waals surface area contributed by atoms with Crippen molar-refractivity contribution in [2.24, 2.45) is 0 Å². The molecule has 0 atom stereocenters. The van der Waals surface area contributed by atoms with Gasteiger partial charge >= 0.3 is 0 Å². The van der Waals surface area contributed by atoms with Gasteiger partial charge in [0.05, 0.1) is 4.90 Å². The number of rotatable bonds is 4. The summed E-state index contributed by atoms with van der Waals surface area (Å²) in [6, 6.07) is 22.3. The SMILES string of the molecule is [NH]S(=O)(=O)c1ccc(-c2ccc(NC(=O)c3cc4ccccc4o3)cc2)cc1. The zero-order chi connectivity index (χ0) is 19.7. The minimum Gasteiger partial charge on any atom is -0.451 e. The monoisotopic (exact) mass is 391 g/mol. The number of sulfonamides is 1. The Bertz CT molecular complexity index is 1230. The van der Waals surface area contributed by atoms with E-state index in [1.165, 1.54) is 12.1 Å². The molecule has 0 saturated heterocycles. The second-order valence-corrected chi connectivity index (χ2v) is 7.69. The Balaban J connectivity index is 1.50. The molecule has 0 unspecified atom stereocenters. The quantitative estimate of drug-likeness (QED) is 0.560. The smallest absolute Gasteiger partial charge is 0.291 e. The maximum absolute atomic E-state index is 12.4. The maximum atomic E-state index is 12.4. The van der Waals surface area contributed by atoms with Gasteiger partial charge in [0, 0.05) is 11.1 Å². The van der Waals surface area contributed by atoms with E-state index in [9.17, 15) is 13.2 Å². The third-order valence-electron chi connectivity index (χ3n) is 4.29. The van der Waals surface area contributed by atoms with Crippen LogP contribution in [-0.4, -0.2) is 14.3 Å². The lowest BCUT2D eigenvalue weighted by Gasteiger charge is -2.06. The number of amides is 1. The van der Waals surface area contributed by atoms with E-state index in [0.29, 0.717) is 11.3 Å². The molecule has 0 saturated carbocycles. The van der Waals surface area contributed by atoms with Crippen LogP contribution < -0.4 is 10.5 Å². The van der Waals surface area contributed by atoms with Gasteiger partial charge < -0.3 is 9.73 Å². The first-order valence-corrected chi connectivity index (χ1v) is 9.88. The molecule has 4 aromatic rings. The van der Waals surface area contributed by atoms with Crippen molar-refractivity contribution >= 4 is 32.6 Å². The van der Waals surface area contributed by atoms with E-state index in [1.807, 2.05) is 30.3 Å². The molecule has 1 aromatic heterocycles. The number of para-hydroxylation sites is 1. The average Bonchev–Trinajstić information content (AvgIpc) is 3.12. The Kier molecular flexibility index (Phi) is 4.46. The first-order valence-electron chi connectivity index (χ1n) is 8.40. The number of fused-ring (bicyclic) bond motifs is 1. The normalized spacial score (nSPS) is 11.5. The van der Waals surface area contributed by atoms with Crippen molar-refractivity contribution in [2.75, 3.05) is 5.32 Å². The number of carbonyl (C=O) groups excluding carboxylic acids is 1. The second kappa shape index (κ2) is 6.95. The molecule has 1 radical (unpaired) electrons. The standard InChI is InChI=1S/C21H15N2O4S/c22-28(25,26)18-11-7-15(8-12-18)14-5-9-17(10-6-14)23-21(24)20-13-16-3-1-2-4-19(16)27-20/h1-13,22H,(H,23,24). The average molecular weight is 391 g/mol. The van der Waals surface area contributed by atoms with Gasteiger partial charge in [-0.25, -0.2) is 8.42 Å². The summed E-state index contributed by atoms with van der Waals surface area (Å²) >= 11 is 0. The number of anilines is 1. The summed E-state index contributed by atoms with van der Waals surface area (Å²) in [4.78, 5) is 12.3. The number of hydrogen-bond donors (Lipinski definition) is 1. The Morgan fingerprint density at radius 1 is 0.857 bits per heavy atom. The lowest BCUT2D eigenvalue weighted by atomic mass is 10.1. The van der Waals surface area contributed by atoms with Crippen LogP contribution in [0.25, 0.3) is 22.1 Å². The zero-order valence-corrected chi connectivity index (χ0v) is 15.4. The lowest BCUT2D eigenvalue weighted by Crippen LogP contribution is -2.10. The predicted molar refractivity (Wildman–Crippen MR) is 106 cm³/mol. The largest absolute Gasteiger partial charge is 0.451 e. The number of furan rings is 1. The van der Waals surface area contributed by atoms with E-state index in [-0.39, 0.29) is 16.6 Å². The summed E-state index contributed by atoms with van der Waals surface area (Å²) in [5.41, 5.74) is 2.93. The fourth-order valence-electron chi connectivity index (χ4n) is 2.86. The van der Waals surface area contributed by atoms with Gasteiger partial charge in [-0.05, 0) is 47.5 Å². The highest BCUT2D eigenvalue weighted by Crippen LogP contribution is 2.24. The first-order chi connectivity index (χ1) is 13.4. The molecule has 6 nitrogen and oxygen atoms in total. The van der Waals surface area contributed by atoms with Gasteiger partial charge in [0.1, 0.15) is 5.58 Å². The third-order valence-corrected chi connectivity index (χ3v) is 5.18. The summed E-state index contributed by atoms with van der Waals surface area (Å²) in [5.74, 6) is -0.105. The van der Waals surface area contributed by atoms with Crippen LogP contribution in [-0.2, 0) is 10.0 Å². The van der Waals surface area contributed by atoms with E-state index in [0.717, 1.165) is 16.5 Å². The zero-order valence-electron chi connectivity index (χ0n) is 14.5. The summed E-state index contributed by atoms with van der Waals surface area (Å²) in [6.07, 6.45) is 0. The minimum atomic E-state index is -3.96. The van der Waals surface area contributed by atoms with Gasteiger partial charge in [-0.15, -0.1) is 5.14 Å². The van der Waals surface area contributed by atoms with E-state index in [2.05, 4.69) is 5.32 Å². The summed E-state index contributed by atoms with van der Waals surface area (Å²) < 4.78 is 28.0. The van der Waals surface area contributed by atoms with Crippen molar-refractivity contribution in [1.29, 1.82) is 0 Å². The van der Waals surface area contributed by atoms with Gasteiger partial charge in [-0.1, -0.05) is 42.5 Å². The predicted octanol–water partition coefficient (Wildman–Crippen LogP) is 4.32. The highest BCUT2D eigenvalue weighted by atomic mass is 32.2. The van der Waals surface area contributed by atoms with Crippen LogP contribution in [0, 0.1) is 0 Å². The molecule has 1 heterocycles. The number of nitrogens with one attached hydrogen (secondary N) is 2. The van der Waals surface area contributed by atoms with E-state index < -0.39 is 10.0 Å². The van der Waals surface area contributed by atoms with E-state index in [1.54, 1.807) is 36.4 Å². The number of hydrogen-bond acceptors (Lipinski definition) is 4. The van der Waals surface area contributed by atoms with Crippen molar-refractivity contribution in [3.8, 4) is 11.1 Å². The van der Waals surface area contributed by atoms with Crippen LogP contribution in [0.5, 0.6) is 0 Å². The van der Waals surface area contributed by atoms with Crippen LogP contribution in [0.4, 0.5) is 5.69 Å². The maximum Gasteiger partial charge on any atom is 0.291 e. The second-order valence-electron chi connectivity index (χ2n) is 6.21. The molecule has 0 fully saturated rings. The van der Waals surface area contributed by atoms with Crippen LogP contribution in [0.3, 0.4) is 0 Å². The molecular formula is C21H15N2O4S. The van der Waals surface area contributed by atoms with Crippen molar-refractivity contribution in [3.05, 3.63) is 84.6 Å². The fraction of sp³-hybridized carbons (Fsp3) is 0. The molecule has 0 bridgehead atoms. The molecule has 0 aliphatic rings. The highest BCUT2D eigenvalue weighted by molar-refractivity contribution is 7.88. The molecule has 139 valence electrons. The molecule has 0 spiro atoms. The third kappa shape index (κ3) is 3.66. The van der Waals surface area contributed by atoms with Gasteiger partial charge in [0.2, 0.25) is 0 Å². The van der Waals surface area contributed by atoms with Crippen molar-refractivity contribution < 1.29 is 17.6 Å². The number of benzene rings is 3. The van der Waals surface area contributed by atoms with Gasteiger partial charge in [0.25, 0.3) is 15.9 Å². The molecule has 4 rings (SSSR count). The molecule has 0 aliphatic carbocycles. The van der Waals surface area contributed by atoms with Crippen LogP contribution in [0.1, 0.15) is 10.6 Å². The molecular weight excluding hydrogens is 376 g/mol. The van der Waals surface area contributed by atoms with Crippen molar-refractivity contribution in [1.82, 2.24) is 5.14 Å². The van der Waals surface area contributed by atoms with Crippen LogP contribution in [0.2, 0.25) is 0 Å². The van der Waals surface area contributed by atoms with Gasteiger partial charge in [0.15, 0.2) is 5.76 Å². The van der Waals surface area contributed by atoms with E-state index >= 15 is 0 Å². The number of carbonyl (C=O) groups is 1. The van der Waals surface area contributed by atoms with Crippen molar-refractivity contribution in [2.45, 2.75) is 4.90 Å². The molecule has 2 N–H and O–H groups in total. The topological polar surface area (TPSA) is 100 Å². The minimum absolute atomic E-state index is 0.0500. The molecule has 28 heavy (non-hydrogen) atoms. The molecule has 0 aliphatic heterocycles. The van der Waals surface area contributed by atoms with Crippen molar-refractivity contribution in [3.63, 3.8) is 0 Å². The summed E-state index contributed by atoms with van der Waals surface area (Å²) in [5, 5.41) is 10.7. The van der Waals surface area contributed by atoms with Crippen LogP contribution >= 0.6 is 0 Å². The summed E-state index contributed by atoms with van der Waals surface area (Å²) in [6.45, 7) is 0. The molecule has 1 amide bonds. The van der Waals surface area contributed by atoms with E-state index in [4.69, 9.17) is 9.56 Å². The molecule has 7 heteroatoms. The fourth-order valence-corrected chi connectivity index (χ4v) is 3.35. The van der Waals surface area contributed by atoms with Gasteiger partial charge in [-0.2, -0.15) is 0 Å². The van der Waals surface area contributed by atoms with Crippen LogP contribution in [0.15, 0.2) is 88.2 Å². The Hall–Kier alpha value is -3.42. The molecule has 3 aromatic carbocycles. The van der Waals surface area contributed by atoms with Gasteiger partial charge in [-0.3, -0.25) is 4.79 Å². The highest BCUT2D eigenvalue weighted by Gasteiger charge is 2.12. The summed E-state index contributed by atoms with van der Waals surface area (Å²) in [7, 11) is -3.96. The Morgan fingerprint density at radius 3 is 2.07 bits per heavy atom.